The molecule has 1 aliphatic carbocycles. The van der Waals surface area contributed by atoms with E-state index >= 15 is 0 Å². The molecule has 0 aromatic heterocycles. The first kappa shape index (κ1) is 20.0. The molecule has 0 amide bonds. The summed E-state index contributed by atoms with van der Waals surface area (Å²) in [6.07, 6.45) is 10.7. The smallest absolute Gasteiger partial charge is 0.308 e. The van der Waals surface area contributed by atoms with Crippen molar-refractivity contribution in [2.24, 2.45) is 11.8 Å². The van der Waals surface area contributed by atoms with Gasteiger partial charge in [-0.1, -0.05) is 46.0 Å². The third-order valence-electron chi connectivity index (χ3n) is 4.63. The average molecular weight is 326 g/mol. The fourth-order valence-corrected chi connectivity index (χ4v) is 3.03. The lowest BCUT2D eigenvalue weighted by molar-refractivity contribution is -0.155. The minimum Gasteiger partial charge on any atom is -0.465 e. The molecule has 0 unspecified atom stereocenters. The molecule has 0 N–H and O–H groups in total. The molecule has 0 aromatic rings. The SMILES string of the molecule is CCCCCCOC(=O)C1CCC(C(=O)OCCCCC)CC1. The maximum absolute atomic E-state index is 12.0. The molecule has 134 valence electrons. The normalized spacial score (nSPS) is 21.0. The first-order valence-electron chi connectivity index (χ1n) is 9.52. The van der Waals surface area contributed by atoms with Gasteiger partial charge in [-0.05, 0) is 38.5 Å². The van der Waals surface area contributed by atoms with Gasteiger partial charge in [0.05, 0.1) is 25.0 Å². The quantitative estimate of drug-likeness (QED) is 0.410. The second kappa shape index (κ2) is 12.4. The Bertz CT molecular complexity index is 332. The summed E-state index contributed by atoms with van der Waals surface area (Å²) in [6, 6.07) is 0. The highest BCUT2D eigenvalue weighted by Crippen LogP contribution is 2.30. The summed E-state index contributed by atoms with van der Waals surface area (Å²) in [7, 11) is 0. The van der Waals surface area contributed by atoms with Gasteiger partial charge in [-0.2, -0.15) is 0 Å². The molecule has 0 aromatic carbocycles. The van der Waals surface area contributed by atoms with Gasteiger partial charge in [0.15, 0.2) is 0 Å². The Morgan fingerprint density at radius 2 is 1.09 bits per heavy atom. The predicted molar refractivity (Wildman–Crippen MR) is 91.0 cm³/mol. The summed E-state index contributed by atoms with van der Waals surface area (Å²) < 4.78 is 10.7. The van der Waals surface area contributed by atoms with Gasteiger partial charge in [0.1, 0.15) is 0 Å². The van der Waals surface area contributed by atoms with Crippen LogP contribution < -0.4 is 0 Å². The van der Waals surface area contributed by atoms with Crippen LogP contribution >= 0.6 is 0 Å². The topological polar surface area (TPSA) is 52.6 Å². The molecule has 0 saturated heterocycles. The van der Waals surface area contributed by atoms with Crippen molar-refractivity contribution in [3.8, 4) is 0 Å². The van der Waals surface area contributed by atoms with Crippen LogP contribution in [0.25, 0.3) is 0 Å². The molecule has 23 heavy (non-hydrogen) atoms. The van der Waals surface area contributed by atoms with E-state index in [0.29, 0.717) is 13.2 Å². The van der Waals surface area contributed by atoms with Crippen LogP contribution in [0, 0.1) is 11.8 Å². The Balaban J connectivity index is 2.13. The first-order chi connectivity index (χ1) is 11.2. The lowest BCUT2D eigenvalue weighted by Gasteiger charge is -2.26. The van der Waals surface area contributed by atoms with E-state index in [1.54, 1.807) is 0 Å². The third kappa shape index (κ3) is 8.38. The number of esters is 2. The number of ether oxygens (including phenoxy) is 2. The number of carbonyl (C=O) groups is 2. The van der Waals surface area contributed by atoms with E-state index in [0.717, 1.165) is 57.8 Å². The van der Waals surface area contributed by atoms with Crippen molar-refractivity contribution < 1.29 is 19.1 Å². The van der Waals surface area contributed by atoms with Gasteiger partial charge >= 0.3 is 11.9 Å². The summed E-state index contributed by atoms with van der Waals surface area (Å²) >= 11 is 0. The minimum atomic E-state index is -0.0764. The molecule has 1 saturated carbocycles. The maximum Gasteiger partial charge on any atom is 0.308 e. The van der Waals surface area contributed by atoms with Crippen LogP contribution in [0.5, 0.6) is 0 Å². The summed E-state index contributed by atoms with van der Waals surface area (Å²) in [6.45, 7) is 5.37. The molecule has 1 aliphatic rings. The van der Waals surface area contributed by atoms with E-state index in [9.17, 15) is 9.59 Å². The Hall–Kier alpha value is -1.06. The number of hydrogen-bond donors (Lipinski definition) is 0. The van der Waals surface area contributed by atoms with Gasteiger partial charge in [-0.25, -0.2) is 0 Å². The van der Waals surface area contributed by atoms with Gasteiger partial charge < -0.3 is 9.47 Å². The fourth-order valence-electron chi connectivity index (χ4n) is 3.03. The molecule has 1 rings (SSSR count). The summed E-state index contributed by atoms with van der Waals surface area (Å²) in [5.41, 5.74) is 0. The van der Waals surface area contributed by atoms with Crippen molar-refractivity contribution in [1.29, 1.82) is 0 Å². The molecule has 0 atom stereocenters. The maximum atomic E-state index is 12.0. The number of hydrogen-bond acceptors (Lipinski definition) is 4. The van der Waals surface area contributed by atoms with E-state index in [1.165, 1.54) is 12.8 Å². The van der Waals surface area contributed by atoms with Crippen LogP contribution in [0.4, 0.5) is 0 Å². The zero-order chi connectivity index (χ0) is 16.9. The van der Waals surface area contributed by atoms with Crippen molar-refractivity contribution in [2.45, 2.75) is 84.5 Å². The van der Waals surface area contributed by atoms with E-state index in [2.05, 4.69) is 13.8 Å². The first-order valence-corrected chi connectivity index (χ1v) is 9.52. The fraction of sp³-hybridized carbons (Fsp3) is 0.895. The summed E-state index contributed by atoms with van der Waals surface area (Å²) in [4.78, 5) is 24.0. The van der Waals surface area contributed by atoms with Crippen molar-refractivity contribution in [1.82, 2.24) is 0 Å². The molecule has 0 heterocycles. The molecule has 0 bridgehead atoms. The number of carbonyl (C=O) groups excluding carboxylic acids is 2. The lowest BCUT2D eigenvalue weighted by atomic mass is 9.82. The van der Waals surface area contributed by atoms with Crippen molar-refractivity contribution >= 4 is 11.9 Å². The Morgan fingerprint density at radius 1 is 0.696 bits per heavy atom. The third-order valence-corrected chi connectivity index (χ3v) is 4.63. The standard InChI is InChI=1S/C19H34O4/c1-3-5-7-9-15-23-19(21)17-12-10-16(11-13-17)18(20)22-14-8-6-4-2/h16-17H,3-15H2,1-2H3. The van der Waals surface area contributed by atoms with Crippen molar-refractivity contribution in [3.05, 3.63) is 0 Å². The molecule has 4 nitrogen and oxygen atoms in total. The monoisotopic (exact) mass is 326 g/mol. The zero-order valence-electron chi connectivity index (χ0n) is 15.0. The highest BCUT2D eigenvalue weighted by Gasteiger charge is 2.31. The molecule has 0 aliphatic heterocycles. The largest absolute Gasteiger partial charge is 0.465 e. The van der Waals surface area contributed by atoms with Gasteiger partial charge in [-0.15, -0.1) is 0 Å². The second-order valence-electron chi connectivity index (χ2n) is 6.65. The Morgan fingerprint density at radius 3 is 1.52 bits per heavy atom. The number of rotatable bonds is 11. The van der Waals surface area contributed by atoms with E-state index in [1.807, 2.05) is 0 Å². The molecule has 4 heteroatoms. The van der Waals surface area contributed by atoms with Crippen LogP contribution in [0.1, 0.15) is 84.5 Å². The Labute approximate surface area is 141 Å². The molecule has 1 fully saturated rings. The second-order valence-corrected chi connectivity index (χ2v) is 6.65. The van der Waals surface area contributed by atoms with Crippen molar-refractivity contribution in [2.75, 3.05) is 13.2 Å². The summed E-state index contributed by atoms with van der Waals surface area (Å²) in [5.74, 6) is -0.195. The minimum absolute atomic E-state index is 0.0229. The predicted octanol–water partition coefficient (Wildman–Crippen LogP) is 4.65. The average Bonchev–Trinajstić information content (AvgIpc) is 2.58. The van der Waals surface area contributed by atoms with Gasteiger partial charge in [0.25, 0.3) is 0 Å². The molecular formula is C19H34O4. The van der Waals surface area contributed by atoms with Crippen LogP contribution in [0.3, 0.4) is 0 Å². The number of unbranched alkanes of at least 4 members (excludes halogenated alkanes) is 5. The van der Waals surface area contributed by atoms with Gasteiger partial charge in [-0.3, -0.25) is 9.59 Å². The van der Waals surface area contributed by atoms with E-state index in [-0.39, 0.29) is 23.8 Å². The Kier molecular flexibility index (Phi) is 10.8. The summed E-state index contributed by atoms with van der Waals surface area (Å²) in [5, 5.41) is 0. The highest BCUT2D eigenvalue weighted by atomic mass is 16.5. The van der Waals surface area contributed by atoms with Crippen LogP contribution in [-0.2, 0) is 19.1 Å². The molecule has 0 spiro atoms. The highest BCUT2D eigenvalue weighted by molar-refractivity contribution is 5.75. The zero-order valence-corrected chi connectivity index (χ0v) is 15.0. The molecule has 0 radical (unpaired) electrons. The van der Waals surface area contributed by atoms with Crippen molar-refractivity contribution in [3.63, 3.8) is 0 Å². The van der Waals surface area contributed by atoms with Crippen LogP contribution in [0.15, 0.2) is 0 Å². The lowest BCUT2D eigenvalue weighted by Crippen LogP contribution is -2.28. The molecular weight excluding hydrogens is 292 g/mol. The van der Waals surface area contributed by atoms with Crippen LogP contribution in [-0.4, -0.2) is 25.2 Å². The van der Waals surface area contributed by atoms with Crippen LogP contribution in [0.2, 0.25) is 0 Å². The van der Waals surface area contributed by atoms with E-state index in [4.69, 9.17) is 9.47 Å². The van der Waals surface area contributed by atoms with Gasteiger partial charge in [0, 0.05) is 0 Å². The van der Waals surface area contributed by atoms with E-state index < -0.39 is 0 Å². The van der Waals surface area contributed by atoms with Gasteiger partial charge in [0.2, 0.25) is 0 Å².